The van der Waals surface area contributed by atoms with Crippen LogP contribution in [0.25, 0.3) is 0 Å². The van der Waals surface area contributed by atoms with E-state index in [0.717, 1.165) is 16.7 Å². The lowest BCUT2D eigenvalue weighted by Gasteiger charge is -1.96. The van der Waals surface area contributed by atoms with Crippen LogP contribution in [0, 0.1) is 0 Å². The average molecular weight is 489 g/mol. The summed E-state index contributed by atoms with van der Waals surface area (Å²) in [4.78, 5) is 0. The maximum Gasteiger partial charge on any atom is 1.04 e. The standard InChI is InChI=1S/3C7H7O2P.Al/c3*8-10(9)6-7-4-2-1-3-5-7;/h3*1-5H,6H2;/q;;;+3. The molecule has 0 N–H and O–H groups in total. The minimum atomic E-state index is -3.18. The summed E-state index contributed by atoms with van der Waals surface area (Å²) in [7, 11) is -6.51. The van der Waals surface area contributed by atoms with Crippen molar-refractivity contribution in [1.82, 2.24) is 0 Å². The van der Waals surface area contributed by atoms with Gasteiger partial charge in [-0.05, 0) is 13.7 Å². The van der Waals surface area contributed by atoms with Crippen molar-refractivity contribution in [1.29, 1.82) is 0 Å². The highest BCUT2D eigenvalue weighted by Gasteiger charge is 2.56. The molecule has 0 saturated heterocycles. The summed E-state index contributed by atoms with van der Waals surface area (Å²) in [5.74, 6) is 0. The number of hydrogen-bond donors (Lipinski definition) is 0. The topological polar surface area (TPSA) is 78.9 Å². The third-order valence-electron chi connectivity index (χ3n) is 4.07. The molecule has 0 aliphatic heterocycles. The molecule has 0 aliphatic rings. The Morgan fingerprint density at radius 2 is 0.742 bits per heavy atom. The Bertz CT molecular complexity index is 873. The first-order chi connectivity index (χ1) is 15.1. The molecule has 0 aliphatic carbocycles. The van der Waals surface area contributed by atoms with E-state index >= 15 is 0 Å². The van der Waals surface area contributed by atoms with Crippen molar-refractivity contribution in [2.24, 2.45) is 0 Å². The molecule has 3 unspecified atom stereocenters. The lowest BCUT2D eigenvalue weighted by atomic mass is 10.2. The van der Waals surface area contributed by atoms with Crippen LogP contribution in [-0.4, -0.2) is 15.1 Å². The third-order valence-corrected chi connectivity index (χ3v) is 10.8. The number of rotatable bonds is 12. The quantitative estimate of drug-likeness (QED) is 0.205. The van der Waals surface area contributed by atoms with Crippen LogP contribution in [0.5, 0.6) is 0 Å². The zero-order valence-electron chi connectivity index (χ0n) is 16.7. The Labute approximate surface area is 189 Å². The van der Waals surface area contributed by atoms with Crippen molar-refractivity contribution < 1.29 is 24.4 Å². The summed E-state index contributed by atoms with van der Waals surface area (Å²) in [6.45, 7) is 0. The monoisotopic (exact) mass is 489 g/mol. The van der Waals surface area contributed by atoms with Crippen LogP contribution in [-0.2, 0) is 42.9 Å². The number of hydrogen-bond acceptors (Lipinski definition) is 6. The molecule has 0 saturated carbocycles. The summed E-state index contributed by atoms with van der Waals surface area (Å²) < 4.78 is 54.1. The second kappa shape index (κ2) is 13.0. The lowest BCUT2D eigenvalue weighted by molar-refractivity contribution is 0.323. The molecule has 0 amide bonds. The van der Waals surface area contributed by atoms with Gasteiger partial charge in [-0.3, -0.25) is 0 Å². The van der Waals surface area contributed by atoms with Gasteiger partial charge in [-0.2, -0.15) is 0 Å². The van der Waals surface area contributed by atoms with E-state index in [1.54, 1.807) is 0 Å². The highest BCUT2D eigenvalue weighted by molar-refractivity contribution is 7.43. The molecule has 3 aromatic carbocycles. The predicted molar refractivity (Wildman–Crippen MR) is 122 cm³/mol. The van der Waals surface area contributed by atoms with Crippen LogP contribution in [0.15, 0.2) is 91.0 Å². The van der Waals surface area contributed by atoms with Gasteiger partial charge >= 0.3 is 39.2 Å². The van der Waals surface area contributed by atoms with Crippen molar-refractivity contribution in [2.75, 3.05) is 0 Å². The molecule has 0 radical (unpaired) electrons. The van der Waals surface area contributed by atoms with E-state index < -0.39 is 39.2 Å². The molecule has 10 heteroatoms. The fraction of sp³-hybridized carbons (Fsp3) is 0.143. The van der Waals surface area contributed by atoms with E-state index in [1.165, 1.54) is 0 Å². The Balaban J connectivity index is 1.62. The van der Waals surface area contributed by atoms with Gasteiger partial charge in [0, 0.05) is 16.7 Å². The van der Waals surface area contributed by atoms with Gasteiger partial charge in [0.2, 0.25) is 18.5 Å². The first kappa shape index (κ1) is 24.0. The van der Waals surface area contributed by atoms with Crippen molar-refractivity contribution >= 4 is 39.2 Å². The molecule has 0 aromatic heterocycles. The van der Waals surface area contributed by atoms with Gasteiger partial charge in [-0.25, -0.2) is 10.7 Å². The maximum atomic E-state index is 12.5. The van der Waals surface area contributed by atoms with Gasteiger partial charge in [0.25, 0.3) is 0 Å². The Hall–Kier alpha value is -1.63. The second-order valence-corrected chi connectivity index (χ2v) is 12.6. The average Bonchev–Trinajstić information content (AvgIpc) is 2.75. The van der Waals surface area contributed by atoms with Gasteiger partial charge in [-0.15, -0.1) is 0 Å². The third kappa shape index (κ3) is 9.18. The fourth-order valence-corrected chi connectivity index (χ4v) is 8.88. The molecular weight excluding hydrogens is 468 g/mol. The van der Waals surface area contributed by atoms with Crippen LogP contribution in [0.1, 0.15) is 16.7 Å². The van der Waals surface area contributed by atoms with Gasteiger partial charge in [0.1, 0.15) is 0 Å². The minimum absolute atomic E-state index is 0.164. The lowest BCUT2D eigenvalue weighted by Crippen LogP contribution is -2.19. The normalized spacial score (nSPS) is 12.2. The Morgan fingerprint density at radius 3 is 1.00 bits per heavy atom. The summed E-state index contributed by atoms with van der Waals surface area (Å²) in [5.41, 5.74) is 2.50. The summed E-state index contributed by atoms with van der Waals surface area (Å²) in [6.07, 6.45) is 0.492. The Kier molecular flexibility index (Phi) is 10.1. The van der Waals surface area contributed by atoms with E-state index in [0.29, 0.717) is 0 Å². The molecule has 3 rings (SSSR count). The van der Waals surface area contributed by atoms with Gasteiger partial charge in [-0.1, -0.05) is 91.0 Å². The Morgan fingerprint density at radius 1 is 0.484 bits per heavy atom. The summed E-state index contributed by atoms with van der Waals surface area (Å²) >= 11 is -3.18. The maximum absolute atomic E-state index is 12.5. The molecule has 0 bridgehead atoms. The number of benzene rings is 3. The van der Waals surface area contributed by atoms with E-state index in [1.807, 2.05) is 91.0 Å². The van der Waals surface area contributed by atoms with E-state index in [4.69, 9.17) is 10.7 Å². The zero-order chi connectivity index (χ0) is 21.9. The van der Waals surface area contributed by atoms with Crippen molar-refractivity contribution in [3.8, 4) is 0 Å². The minimum Gasteiger partial charge on any atom is -0.201 e. The van der Waals surface area contributed by atoms with Crippen LogP contribution in [0.3, 0.4) is 0 Å². The first-order valence-corrected chi connectivity index (χ1v) is 15.0. The molecule has 0 spiro atoms. The van der Waals surface area contributed by atoms with Crippen LogP contribution >= 0.6 is 24.1 Å². The smallest absolute Gasteiger partial charge is 0.201 e. The molecule has 3 atom stereocenters. The van der Waals surface area contributed by atoms with Gasteiger partial charge in [0.15, 0.2) is 0 Å². The largest absolute Gasteiger partial charge is 1.04 e. The molecule has 31 heavy (non-hydrogen) atoms. The van der Waals surface area contributed by atoms with Crippen LogP contribution in [0.2, 0.25) is 0 Å². The molecular formula is C21H21AlO6P3+3. The van der Waals surface area contributed by atoms with E-state index in [9.17, 15) is 13.7 Å². The molecule has 3 aromatic rings. The summed E-state index contributed by atoms with van der Waals surface area (Å²) in [6, 6.07) is 27.6. The molecule has 0 fully saturated rings. The fourth-order valence-electron chi connectivity index (χ4n) is 2.65. The SMILES string of the molecule is O=[P+](Cc1ccccc1)[O][Al]([O][P+](=O)Cc1ccccc1)[O][P+](=O)Cc1ccccc1. The van der Waals surface area contributed by atoms with Crippen LogP contribution < -0.4 is 0 Å². The summed E-state index contributed by atoms with van der Waals surface area (Å²) in [5, 5.41) is 0. The van der Waals surface area contributed by atoms with E-state index in [2.05, 4.69) is 0 Å². The van der Waals surface area contributed by atoms with Gasteiger partial charge < -0.3 is 0 Å². The predicted octanol–water partition coefficient (Wildman–Crippen LogP) is 6.85. The molecule has 0 heterocycles. The van der Waals surface area contributed by atoms with Crippen molar-refractivity contribution in [2.45, 2.75) is 18.5 Å². The molecule has 6 nitrogen and oxygen atoms in total. The van der Waals surface area contributed by atoms with Crippen LogP contribution in [0.4, 0.5) is 0 Å². The van der Waals surface area contributed by atoms with Crippen molar-refractivity contribution in [3.63, 3.8) is 0 Å². The first-order valence-electron chi connectivity index (χ1n) is 9.54. The highest BCUT2D eigenvalue weighted by atomic mass is 31.1. The highest BCUT2D eigenvalue weighted by Crippen LogP contribution is 2.39. The van der Waals surface area contributed by atoms with Crippen molar-refractivity contribution in [3.05, 3.63) is 108 Å². The second-order valence-electron chi connectivity index (χ2n) is 6.53. The molecule has 156 valence electrons. The van der Waals surface area contributed by atoms with Gasteiger partial charge in [0.05, 0.1) is 0 Å². The van der Waals surface area contributed by atoms with E-state index in [-0.39, 0.29) is 18.5 Å². The zero-order valence-corrected chi connectivity index (χ0v) is 20.5.